The summed E-state index contributed by atoms with van der Waals surface area (Å²) >= 11 is 0. The van der Waals surface area contributed by atoms with E-state index in [0.29, 0.717) is 16.6 Å². The van der Waals surface area contributed by atoms with E-state index in [4.69, 9.17) is 0 Å². The monoisotopic (exact) mass is 346 g/mol. The molecule has 0 aliphatic rings. The van der Waals surface area contributed by atoms with Gasteiger partial charge in [0.2, 0.25) is 5.60 Å². The molecule has 1 aromatic heterocycles. The van der Waals surface area contributed by atoms with Crippen LogP contribution in [0.15, 0.2) is 54.9 Å². The molecule has 0 fully saturated rings. The lowest BCUT2D eigenvalue weighted by molar-refractivity contribution is -0.276. The number of hydrogen-bond donors (Lipinski definition) is 1. The molecular formula is C19H17F3N2O. The topological polar surface area (TPSA) is 46.0 Å². The molecule has 0 aliphatic carbocycles. The number of aryl methyl sites for hydroxylation is 1. The van der Waals surface area contributed by atoms with Gasteiger partial charge in [-0.15, -0.1) is 0 Å². The van der Waals surface area contributed by atoms with Crippen LogP contribution in [-0.4, -0.2) is 21.3 Å². The van der Waals surface area contributed by atoms with Crippen molar-refractivity contribution in [2.24, 2.45) is 0 Å². The van der Waals surface area contributed by atoms with Crippen molar-refractivity contribution in [3.8, 4) is 0 Å². The van der Waals surface area contributed by atoms with E-state index in [9.17, 15) is 18.3 Å². The predicted octanol–water partition coefficient (Wildman–Crippen LogP) is 4.49. The summed E-state index contributed by atoms with van der Waals surface area (Å²) in [4.78, 5) is 7.69. The molecule has 3 aromatic rings. The van der Waals surface area contributed by atoms with Gasteiger partial charge in [0.05, 0.1) is 11.9 Å². The Labute approximate surface area is 143 Å². The fourth-order valence-electron chi connectivity index (χ4n) is 3.06. The summed E-state index contributed by atoms with van der Waals surface area (Å²) in [5.41, 5.74) is -2.77. The number of nitrogens with zero attached hydrogens (tertiary/aromatic N) is 2. The highest BCUT2D eigenvalue weighted by atomic mass is 19.4. The summed E-state index contributed by atoms with van der Waals surface area (Å²) in [5, 5.41) is 12.2. The van der Waals surface area contributed by atoms with E-state index in [1.54, 1.807) is 31.2 Å². The lowest BCUT2D eigenvalue weighted by atomic mass is 9.79. The van der Waals surface area contributed by atoms with Crippen LogP contribution in [-0.2, 0) is 5.60 Å². The van der Waals surface area contributed by atoms with Gasteiger partial charge in [0.1, 0.15) is 5.69 Å². The van der Waals surface area contributed by atoms with Gasteiger partial charge in [-0.25, -0.2) is 0 Å². The zero-order valence-electron chi connectivity index (χ0n) is 13.7. The van der Waals surface area contributed by atoms with Gasteiger partial charge in [-0.1, -0.05) is 49.4 Å². The summed E-state index contributed by atoms with van der Waals surface area (Å²) in [5.74, 6) is -1.27. The van der Waals surface area contributed by atoms with Crippen LogP contribution in [0.2, 0.25) is 0 Å². The fraction of sp³-hybridized carbons (Fsp3) is 0.263. The fourth-order valence-corrected chi connectivity index (χ4v) is 3.06. The van der Waals surface area contributed by atoms with Gasteiger partial charge in [0.25, 0.3) is 0 Å². The smallest absolute Gasteiger partial charge is 0.375 e. The molecule has 1 heterocycles. The summed E-state index contributed by atoms with van der Waals surface area (Å²) in [6.45, 7) is 2.98. The summed E-state index contributed by atoms with van der Waals surface area (Å²) in [7, 11) is 0. The highest BCUT2D eigenvalue weighted by Crippen LogP contribution is 2.48. The summed E-state index contributed by atoms with van der Waals surface area (Å²) in [6, 6.07) is 12.3. The third kappa shape index (κ3) is 2.87. The maximum atomic E-state index is 13.9. The van der Waals surface area contributed by atoms with Crippen LogP contribution in [0.1, 0.15) is 29.8 Å². The average molecular weight is 346 g/mol. The van der Waals surface area contributed by atoms with Crippen molar-refractivity contribution in [2.45, 2.75) is 31.5 Å². The molecule has 0 amide bonds. The second kappa shape index (κ2) is 6.11. The predicted molar refractivity (Wildman–Crippen MR) is 89.1 cm³/mol. The van der Waals surface area contributed by atoms with E-state index in [2.05, 4.69) is 9.97 Å². The van der Waals surface area contributed by atoms with Crippen molar-refractivity contribution < 1.29 is 18.3 Å². The van der Waals surface area contributed by atoms with Crippen LogP contribution >= 0.6 is 0 Å². The number of aliphatic hydroxyl groups is 1. The molecule has 0 radical (unpaired) electrons. The van der Waals surface area contributed by atoms with Crippen molar-refractivity contribution in [2.75, 3.05) is 0 Å². The normalized spacial score (nSPS) is 15.8. The number of hydrogen-bond acceptors (Lipinski definition) is 3. The minimum Gasteiger partial charge on any atom is -0.375 e. The summed E-state index contributed by atoms with van der Waals surface area (Å²) in [6.07, 6.45) is -2.69. The number of benzene rings is 2. The van der Waals surface area contributed by atoms with Gasteiger partial charge in [-0.3, -0.25) is 9.97 Å². The van der Waals surface area contributed by atoms with E-state index in [0.717, 1.165) is 11.6 Å². The minimum absolute atomic E-state index is 0.403. The van der Waals surface area contributed by atoms with E-state index >= 15 is 0 Å². The Hall–Kier alpha value is -2.47. The van der Waals surface area contributed by atoms with Crippen LogP contribution in [0.4, 0.5) is 13.2 Å². The van der Waals surface area contributed by atoms with E-state index in [-0.39, 0.29) is 0 Å². The first-order valence-electron chi connectivity index (χ1n) is 7.81. The molecule has 3 nitrogen and oxygen atoms in total. The van der Waals surface area contributed by atoms with Gasteiger partial charge >= 0.3 is 6.18 Å². The largest absolute Gasteiger partial charge is 0.423 e. The Morgan fingerprint density at radius 2 is 1.64 bits per heavy atom. The molecule has 0 spiro atoms. The number of fused-ring (bicyclic) bond motifs is 1. The van der Waals surface area contributed by atoms with Crippen LogP contribution in [0.5, 0.6) is 0 Å². The molecule has 2 atom stereocenters. The van der Waals surface area contributed by atoms with Crippen molar-refractivity contribution >= 4 is 10.8 Å². The first-order chi connectivity index (χ1) is 11.7. The van der Waals surface area contributed by atoms with Crippen molar-refractivity contribution in [1.82, 2.24) is 9.97 Å². The highest BCUT2D eigenvalue weighted by molar-refractivity contribution is 5.86. The Morgan fingerprint density at radius 1 is 0.960 bits per heavy atom. The molecule has 6 heteroatoms. The lowest BCUT2D eigenvalue weighted by Gasteiger charge is -2.35. The lowest BCUT2D eigenvalue weighted by Crippen LogP contribution is -2.47. The molecule has 0 saturated carbocycles. The quantitative estimate of drug-likeness (QED) is 0.760. The maximum Gasteiger partial charge on any atom is 0.423 e. The van der Waals surface area contributed by atoms with Gasteiger partial charge in [0, 0.05) is 12.1 Å². The number of aromatic nitrogens is 2. The van der Waals surface area contributed by atoms with Crippen molar-refractivity contribution in [3.63, 3.8) is 0 Å². The molecule has 2 aromatic carbocycles. The standard InChI is InChI=1S/C19H17F3N2O/c1-12-10-24-17(11-23-12)18(25,19(20,21)22)13(2)15-9-5-7-14-6-3-4-8-16(14)15/h3-11,13,25H,1-2H3. The first kappa shape index (κ1) is 17.4. The maximum absolute atomic E-state index is 13.9. The Balaban J connectivity index is 2.21. The average Bonchev–Trinajstić information content (AvgIpc) is 2.59. The molecular weight excluding hydrogens is 329 g/mol. The highest BCUT2D eigenvalue weighted by Gasteiger charge is 2.60. The van der Waals surface area contributed by atoms with Crippen LogP contribution in [0.25, 0.3) is 10.8 Å². The van der Waals surface area contributed by atoms with Crippen LogP contribution in [0.3, 0.4) is 0 Å². The third-order valence-corrected chi connectivity index (χ3v) is 4.52. The molecule has 3 rings (SSSR count). The molecule has 2 unspecified atom stereocenters. The number of halogens is 3. The van der Waals surface area contributed by atoms with E-state index in [1.807, 2.05) is 18.2 Å². The Bertz CT molecular complexity index is 888. The first-order valence-corrected chi connectivity index (χ1v) is 7.81. The molecule has 130 valence electrons. The third-order valence-electron chi connectivity index (χ3n) is 4.52. The number of alkyl halides is 3. The number of rotatable bonds is 3. The summed E-state index contributed by atoms with van der Waals surface area (Å²) < 4.78 is 41.7. The SMILES string of the molecule is Cc1cnc(C(O)(C(C)c2cccc3ccccc23)C(F)(F)F)cn1. The van der Waals surface area contributed by atoms with Gasteiger partial charge in [-0.05, 0) is 23.3 Å². The molecule has 0 aliphatic heterocycles. The van der Waals surface area contributed by atoms with Gasteiger partial charge in [0.15, 0.2) is 0 Å². The van der Waals surface area contributed by atoms with Crippen LogP contribution in [0, 0.1) is 6.92 Å². The van der Waals surface area contributed by atoms with E-state index in [1.165, 1.54) is 13.1 Å². The van der Waals surface area contributed by atoms with Crippen molar-refractivity contribution in [1.29, 1.82) is 0 Å². The molecule has 0 bridgehead atoms. The molecule has 0 saturated heterocycles. The Morgan fingerprint density at radius 3 is 2.28 bits per heavy atom. The second-order valence-corrected chi connectivity index (χ2v) is 6.10. The van der Waals surface area contributed by atoms with Gasteiger partial charge < -0.3 is 5.11 Å². The zero-order chi connectivity index (χ0) is 18.2. The Kier molecular flexibility index (Phi) is 4.24. The van der Waals surface area contributed by atoms with Crippen LogP contribution < -0.4 is 0 Å². The zero-order valence-corrected chi connectivity index (χ0v) is 13.7. The van der Waals surface area contributed by atoms with Gasteiger partial charge in [-0.2, -0.15) is 13.2 Å². The second-order valence-electron chi connectivity index (χ2n) is 6.10. The van der Waals surface area contributed by atoms with E-state index < -0.39 is 23.4 Å². The minimum atomic E-state index is -4.91. The molecule has 25 heavy (non-hydrogen) atoms. The van der Waals surface area contributed by atoms with Crippen molar-refractivity contribution in [3.05, 3.63) is 71.8 Å². The molecule has 1 N–H and O–H groups in total.